The minimum absolute atomic E-state index is 0.198. The summed E-state index contributed by atoms with van der Waals surface area (Å²) < 4.78 is 10.0. The van der Waals surface area contributed by atoms with E-state index in [2.05, 4.69) is 0 Å². The third kappa shape index (κ3) is 2.88. The molecule has 5 nitrogen and oxygen atoms in total. The summed E-state index contributed by atoms with van der Waals surface area (Å²) >= 11 is 0. The molecule has 0 fully saturated rings. The topological polar surface area (TPSA) is 84.9 Å². The monoisotopic (exact) mass is 275 g/mol. The molecule has 0 atom stereocenters. The summed E-state index contributed by atoms with van der Waals surface area (Å²) in [4.78, 5) is 0. The maximum absolute atomic E-state index is 9.31. The number of nitrogen functional groups attached to an aromatic ring is 1. The second-order valence-electron chi connectivity index (χ2n) is 4.48. The van der Waals surface area contributed by atoms with Crippen molar-refractivity contribution in [1.29, 1.82) is 0 Å². The molecule has 0 aromatic heterocycles. The van der Waals surface area contributed by atoms with Crippen molar-refractivity contribution in [2.75, 3.05) is 12.5 Å². The van der Waals surface area contributed by atoms with Crippen LogP contribution in [-0.2, 0) is 0 Å². The zero-order chi connectivity index (χ0) is 14.7. The van der Waals surface area contributed by atoms with E-state index in [-0.39, 0.29) is 12.5 Å². The van der Waals surface area contributed by atoms with Crippen LogP contribution in [0.2, 0.25) is 0 Å². The number of aromatic hydroxyl groups is 2. The zero-order valence-electron chi connectivity index (χ0n) is 11.4. The molecule has 4 N–H and O–H groups in total. The average Bonchev–Trinajstić information content (AvgIpc) is 2.89. The normalized spacial score (nSPS) is 11.7. The summed E-state index contributed by atoms with van der Waals surface area (Å²) in [5.41, 5.74) is 7.80. The molecule has 0 spiro atoms. The van der Waals surface area contributed by atoms with Crippen molar-refractivity contribution in [1.82, 2.24) is 0 Å². The van der Waals surface area contributed by atoms with Crippen LogP contribution in [0.3, 0.4) is 0 Å². The molecular weight excluding hydrogens is 258 g/mol. The minimum atomic E-state index is 0.198. The molecule has 0 aliphatic carbocycles. The summed E-state index contributed by atoms with van der Waals surface area (Å²) in [5.74, 6) is 1.81. The van der Waals surface area contributed by atoms with Crippen molar-refractivity contribution in [2.45, 2.75) is 13.8 Å². The predicted octanol–water partition coefficient (Wildman–Crippen LogP) is 2.71. The number of hydrogen-bond acceptors (Lipinski definition) is 5. The van der Waals surface area contributed by atoms with Crippen molar-refractivity contribution in [3.05, 3.63) is 41.5 Å². The van der Waals surface area contributed by atoms with Gasteiger partial charge < -0.3 is 25.4 Å². The van der Waals surface area contributed by atoms with E-state index in [9.17, 15) is 5.11 Å². The Morgan fingerprint density at radius 3 is 2.40 bits per heavy atom. The molecule has 0 bridgehead atoms. The minimum Gasteiger partial charge on any atom is -0.508 e. The molecule has 2 aromatic rings. The predicted molar refractivity (Wildman–Crippen MR) is 76.2 cm³/mol. The van der Waals surface area contributed by atoms with Gasteiger partial charge in [-0.25, -0.2) is 0 Å². The Bertz CT molecular complexity index is 599. The van der Waals surface area contributed by atoms with Crippen LogP contribution >= 0.6 is 0 Å². The van der Waals surface area contributed by atoms with E-state index in [1.807, 2.05) is 6.92 Å². The maximum Gasteiger partial charge on any atom is 0.231 e. The van der Waals surface area contributed by atoms with Gasteiger partial charge in [-0.1, -0.05) is 6.07 Å². The van der Waals surface area contributed by atoms with Crippen LogP contribution in [0.1, 0.15) is 11.1 Å². The maximum atomic E-state index is 9.31. The fraction of sp³-hybridized carbons (Fsp3) is 0.200. The Morgan fingerprint density at radius 1 is 1.00 bits per heavy atom. The van der Waals surface area contributed by atoms with E-state index in [4.69, 9.17) is 20.3 Å². The van der Waals surface area contributed by atoms with Gasteiger partial charge in [0, 0.05) is 17.3 Å². The summed E-state index contributed by atoms with van der Waals surface area (Å²) in [6.07, 6.45) is 0. The lowest BCUT2D eigenvalue weighted by molar-refractivity contribution is 0.174. The highest BCUT2D eigenvalue weighted by molar-refractivity contribution is 5.55. The van der Waals surface area contributed by atoms with Crippen LogP contribution in [0.4, 0.5) is 5.69 Å². The molecule has 0 radical (unpaired) electrons. The molecule has 1 heterocycles. The third-order valence-corrected chi connectivity index (χ3v) is 3.03. The van der Waals surface area contributed by atoms with Gasteiger partial charge in [0.15, 0.2) is 11.5 Å². The summed E-state index contributed by atoms with van der Waals surface area (Å²) in [5, 5.41) is 18.3. The molecule has 2 aromatic carbocycles. The second kappa shape index (κ2) is 5.61. The molecule has 0 saturated carbocycles. The van der Waals surface area contributed by atoms with Gasteiger partial charge in [-0.05, 0) is 37.6 Å². The molecule has 0 saturated heterocycles. The first-order chi connectivity index (χ1) is 9.49. The zero-order valence-corrected chi connectivity index (χ0v) is 11.4. The van der Waals surface area contributed by atoms with Gasteiger partial charge in [-0.3, -0.25) is 0 Å². The van der Waals surface area contributed by atoms with Gasteiger partial charge in [-0.2, -0.15) is 0 Å². The quantitative estimate of drug-likeness (QED) is 0.644. The first-order valence-electron chi connectivity index (χ1n) is 6.12. The molecular formula is C15H17NO4. The van der Waals surface area contributed by atoms with E-state index in [1.165, 1.54) is 6.07 Å². The van der Waals surface area contributed by atoms with Crippen LogP contribution in [0.5, 0.6) is 23.0 Å². The van der Waals surface area contributed by atoms with E-state index >= 15 is 0 Å². The van der Waals surface area contributed by atoms with E-state index in [1.54, 1.807) is 31.2 Å². The molecule has 1 aliphatic rings. The number of nitrogens with two attached hydrogens (primary N) is 1. The Morgan fingerprint density at radius 2 is 1.70 bits per heavy atom. The fourth-order valence-corrected chi connectivity index (χ4v) is 1.74. The van der Waals surface area contributed by atoms with Crippen LogP contribution < -0.4 is 15.2 Å². The Labute approximate surface area is 117 Å². The van der Waals surface area contributed by atoms with E-state index < -0.39 is 0 Å². The molecule has 106 valence electrons. The molecule has 5 heteroatoms. The first-order valence-corrected chi connectivity index (χ1v) is 6.12. The number of hydrogen-bond donors (Lipinski definition) is 3. The molecule has 20 heavy (non-hydrogen) atoms. The number of aryl methyl sites for hydroxylation is 1. The second-order valence-corrected chi connectivity index (χ2v) is 4.48. The van der Waals surface area contributed by atoms with Gasteiger partial charge in [0.2, 0.25) is 6.79 Å². The van der Waals surface area contributed by atoms with Crippen LogP contribution in [-0.4, -0.2) is 17.0 Å². The molecule has 3 rings (SSSR count). The highest BCUT2D eigenvalue weighted by Crippen LogP contribution is 2.34. The SMILES string of the molecule is Cc1ccc(N)c(C)c1O.Oc1ccc2c(c1)OCO2. The van der Waals surface area contributed by atoms with E-state index in [0.717, 1.165) is 11.1 Å². The number of ether oxygens (including phenoxy) is 2. The standard InChI is InChI=1S/C8H11NO.C7H6O3/c1-5-3-4-7(9)6(2)8(5)10;8-5-1-2-6-7(3-5)10-4-9-6/h3-4,10H,9H2,1-2H3;1-3,8H,4H2. The van der Waals surface area contributed by atoms with Crippen LogP contribution in [0.25, 0.3) is 0 Å². The van der Waals surface area contributed by atoms with Crippen molar-refractivity contribution >= 4 is 5.69 Å². The van der Waals surface area contributed by atoms with Gasteiger partial charge in [0.25, 0.3) is 0 Å². The van der Waals surface area contributed by atoms with Crippen molar-refractivity contribution in [3.63, 3.8) is 0 Å². The number of rotatable bonds is 0. The van der Waals surface area contributed by atoms with Crippen LogP contribution in [0, 0.1) is 13.8 Å². The Balaban J connectivity index is 0.000000147. The summed E-state index contributed by atoms with van der Waals surface area (Å²) in [6.45, 7) is 3.90. The number of fused-ring (bicyclic) bond motifs is 1. The largest absolute Gasteiger partial charge is 0.508 e. The summed E-state index contributed by atoms with van der Waals surface area (Å²) in [7, 11) is 0. The Kier molecular flexibility index (Phi) is 3.89. The number of phenols is 2. The highest BCUT2D eigenvalue weighted by Gasteiger charge is 2.12. The first kappa shape index (κ1) is 13.9. The van der Waals surface area contributed by atoms with Crippen molar-refractivity contribution < 1.29 is 19.7 Å². The average molecular weight is 275 g/mol. The van der Waals surface area contributed by atoms with Gasteiger partial charge >= 0.3 is 0 Å². The van der Waals surface area contributed by atoms with Crippen LogP contribution in [0.15, 0.2) is 30.3 Å². The third-order valence-electron chi connectivity index (χ3n) is 3.03. The summed E-state index contributed by atoms with van der Waals surface area (Å²) in [6, 6.07) is 8.37. The molecule has 0 unspecified atom stereocenters. The lowest BCUT2D eigenvalue weighted by Gasteiger charge is -2.04. The Hall–Kier alpha value is -2.56. The van der Waals surface area contributed by atoms with Crippen molar-refractivity contribution in [3.8, 4) is 23.0 Å². The van der Waals surface area contributed by atoms with Gasteiger partial charge in [0.05, 0.1) is 0 Å². The number of anilines is 1. The lowest BCUT2D eigenvalue weighted by atomic mass is 10.1. The van der Waals surface area contributed by atoms with E-state index in [0.29, 0.717) is 22.9 Å². The lowest BCUT2D eigenvalue weighted by Crippen LogP contribution is -1.92. The smallest absolute Gasteiger partial charge is 0.231 e. The fourth-order valence-electron chi connectivity index (χ4n) is 1.74. The highest BCUT2D eigenvalue weighted by atomic mass is 16.7. The number of phenolic OH excluding ortho intramolecular Hbond substituents is 2. The molecule has 0 amide bonds. The number of benzene rings is 2. The van der Waals surface area contributed by atoms with Crippen molar-refractivity contribution in [2.24, 2.45) is 0 Å². The van der Waals surface area contributed by atoms with Gasteiger partial charge in [-0.15, -0.1) is 0 Å². The molecule has 1 aliphatic heterocycles. The van der Waals surface area contributed by atoms with Gasteiger partial charge in [0.1, 0.15) is 11.5 Å².